The molecule has 0 saturated heterocycles. The van der Waals surface area contributed by atoms with Crippen LogP contribution >= 0.6 is 0 Å². The van der Waals surface area contributed by atoms with E-state index < -0.39 is 26.6 Å². The first-order valence-corrected chi connectivity index (χ1v) is 11.2. The predicted octanol–water partition coefficient (Wildman–Crippen LogP) is 4.45. The van der Waals surface area contributed by atoms with E-state index >= 15 is 0 Å². The Morgan fingerprint density at radius 1 is 0.935 bits per heavy atom. The lowest BCUT2D eigenvalue weighted by molar-refractivity contribution is 0.521. The minimum atomic E-state index is -4.42. The molecule has 3 aromatic rings. The minimum Gasteiger partial charge on any atom is -0.357 e. The number of anilines is 4. The number of rotatable bonds is 8. The number of halogens is 2. The predicted molar refractivity (Wildman–Crippen MR) is 117 cm³/mol. The molecular formula is C21H23F2N5O2S. The summed E-state index contributed by atoms with van der Waals surface area (Å²) in [5.41, 5.74) is 0.819. The molecule has 0 spiro atoms. The molecule has 0 saturated carbocycles. The van der Waals surface area contributed by atoms with Gasteiger partial charge in [0.1, 0.15) is 29.1 Å². The Labute approximate surface area is 180 Å². The third kappa shape index (κ3) is 5.26. The highest BCUT2D eigenvalue weighted by Gasteiger charge is 2.23. The average molecular weight is 448 g/mol. The fourth-order valence-electron chi connectivity index (χ4n) is 3.04. The van der Waals surface area contributed by atoms with Crippen molar-refractivity contribution >= 4 is 33.0 Å². The quantitative estimate of drug-likeness (QED) is 0.530. The zero-order chi connectivity index (χ0) is 22.6. The van der Waals surface area contributed by atoms with Gasteiger partial charge in [-0.2, -0.15) is 0 Å². The SMILES string of the molecule is CCN(CC)c1cc(Nc2ccc(NS(=O)(=O)c3c(F)cccc3F)cc2)nc(C)n1. The van der Waals surface area contributed by atoms with E-state index in [9.17, 15) is 17.2 Å². The van der Waals surface area contributed by atoms with Gasteiger partial charge in [-0.25, -0.2) is 27.2 Å². The van der Waals surface area contributed by atoms with E-state index in [0.29, 0.717) is 17.3 Å². The molecule has 164 valence electrons. The lowest BCUT2D eigenvalue weighted by Crippen LogP contribution is -2.23. The van der Waals surface area contributed by atoms with Crippen molar-refractivity contribution in [1.82, 2.24) is 9.97 Å². The summed E-state index contributed by atoms with van der Waals surface area (Å²) in [7, 11) is -4.42. The molecule has 1 heterocycles. The van der Waals surface area contributed by atoms with Gasteiger partial charge in [-0.1, -0.05) is 6.07 Å². The maximum Gasteiger partial charge on any atom is 0.267 e. The van der Waals surface area contributed by atoms with Crippen LogP contribution in [0, 0.1) is 18.6 Å². The largest absolute Gasteiger partial charge is 0.357 e. The summed E-state index contributed by atoms with van der Waals surface area (Å²) >= 11 is 0. The molecule has 0 fully saturated rings. The van der Waals surface area contributed by atoms with Crippen molar-refractivity contribution in [2.24, 2.45) is 0 Å². The third-order valence-electron chi connectivity index (χ3n) is 4.51. The maximum absolute atomic E-state index is 13.8. The van der Waals surface area contributed by atoms with Gasteiger partial charge in [0.2, 0.25) is 0 Å². The van der Waals surface area contributed by atoms with Gasteiger partial charge in [-0.05, 0) is 57.2 Å². The monoisotopic (exact) mass is 447 g/mol. The molecule has 0 radical (unpaired) electrons. The van der Waals surface area contributed by atoms with Gasteiger partial charge in [-0.15, -0.1) is 0 Å². The van der Waals surface area contributed by atoms with Gasteiger partial charge in [0.25, 0.3) is 10.0 Å². The van der Waals surface area contributed by atoms with E-state index in [0.717, 1.165) is 37.1 Å². The normalized spacial score (nSPS) is 11.3. The van der Waals surface area contributed by atoms with Crippen molar-refractivity contribution in [3.8, 4) is 0 Å². The molecule has 0 aliphatic carbocycles. The Balaban J connectivity index is 1.78. The smallest absolute Gasteiger partial charge is 0.267 e. The Hall–Kier alpha value is -3.27. The first-order valence-electron chi connectivity index (χ1n) is 9.68. The third-order valence-corrected chi connectivity index (χ3v) is 5.94. The maximum atomic E-state index is 13.8. The summed E-state index contributed by atoms with van der Waals surface area (Å²) in [6.07, 6.45) is 0. The van der Waals surface area contributed by atoms with Gasteiger partial charge in [0.05, 0.1) is 0 Å². The van der Waals surface area contributed by atoms with E-state index in [1.165, 1.54) is 12.1 Å². The number of aromatic nitrogens is 2. The van der Waals surface area contributed by atoms with Crippen molar-refractivity contribution in [3.05, 3.63) is 66.0 Å². The summed E-state index contributed by atoms with van der Waals surface area (Å²) in [6, 6.07) is 10.9. The standard InChI is InChI=1S/C21H23F2N5O2S/c1-4-28(5-2)20-13-19(24-14(3)25-20)26-15-9-11-16(12-10-15)27-31(29,30)21-17(22)7-6-8-18(21)23/h6-13,27H,4-5H2,1-3H3,(H,24,25,26). The van der Waals surface area contributed by atoms with E-state index in [-0.39, 0.29) is 5.69 Å². The molecule has 0 atom stereocenters. The molecule has 0 aliphatic heterocycles. The first kappa shape index (κ1) is 22.4. The molecule has 1 aromatic heterocycles. The second-order valence-corrected chi connectivity index (χ2v) is 8.31. The number of aryl methyl sites for hydroxylation is 1. The van der Waals surface area contributed by atoms with Crippen LogP contribution in [0.1, 0.15) is 19.7 Å². The molecule has 31 heavy (non-hydrogen) atoms. The topological polar surface area (TPSA) is 87.2 Å². The average Bonchev–Trinajstić information content (AvgIpc) is 2.69. The summed E-state index contributed by atoms with van der Waals surface area (Å²) in [6.45, 7) is 7.51. The highest BCUT2D eigenvalue weighted by Crippen LogP contribution is 2.24. The molecule has 0 bridgehead atoms. The highest BCUT2D eigenvalue weighted by molar-refractivity contribution is 7.92. The van der Waals surface area contributed by atoms with Crippen molar-refractivity contribution in [3.63, 3.8) is 0 Å². The number of hydrogen-bond acceptors (Lipinski definition) is 6. The lowest BCUT2D eigenvalue weighted by Gasteiger charge is -2.20. The van der Waals surface area contributed by atoms with Crippen LogP contribution in [0.5, 0.6) is 0 Å². The van der Waals surface area contributed by atoms with Crippen LogP contribution in [-0.4, -0.2) is 31.5 Å². The molecule has 0 amide bonds. The number of benzene rings is 2. The van der Waals surface area contributed by atoms with Gasteiger partial charge >= 0.3 is 0 Å². The fraction of sp³-hybridized carbons (Fsp3) is 0.238. The Bertz CT molecular complexity index is 1150. The van der Waals surface area contributed by atoms with Crippen LogP contribution in [0.25, 0.3) is 0 Å². The summed E-state index contributed by atoms with van der Waals surface area (Å²) in [5.74, 6) is -0.307. The molecule has 0 aliphatic rings. The van der Waals surface area contributed by atoms with Gasteiger partial charge in [0.15, 0.2) is 4.90 Å². The summed E-state index contributed by atoms with van der Waals surface area (Å²) in [4.78, 5) is 9.91. The fourth-order valence-corrected chi connectivity index (χ4v) is 4.24. The van der Waals surface area contributed by atoms with Gasteiger partial charge in [0, 0.05) is 30.5 Å². The van der Waals surface area contributed by atoms with Gasteiger partial charge < -0.3 is 10.2 Å². The first-order chi connectivity index (χ1) is 14.7. The number of hydrogen-bond donors (Lipinski definition) is 2. The second-order valence-electron chi connectivity index (χ2n) is 6.69. The molecule has 7 nitrogen and oxygen atoms in total. The van der Waals surface area contributed by atoms with Crippen LogP contribution in [-0.2, 0) is 10.0 Å². The Kier molecular flexibility index (Phi) is 6.69. The molecule has 2 N–H and O–H groups in total. The van der Waals surface area contributed by atoms with Gasteiger partial charge in [-0.3, -0.25) is 4.72 Å². The minimum absolute atomic E-state index is 0.163. The van der Waals surface area contributed by atoms with E-state index in [1.807, 2.05) is 19.9 Å². The van der Waals surface area contributed by atoms with Crippen LogP contribution in [0.3, 0.4) is 0 Å². The molecule has 0 unspecified atom stereocenters. The molecule has 2 aromatic carbocycles. The zero-order valence-corrected chi connectivity index (χ0v) is 18.2. The van der Waals surface area contributed by atoms with Crippen LogP contribution in [0.4, 0.5) is 31.8 Å². The second kappa shape index (κ2) is 9.25. The van der Waals surface area contributed by atoms with Crippen molar-refractivity contribution in [2.45, 2.75) is 25.7 Å². The van der Waals surface area contributed by atoms with E-state index in [4.69, 9.17) is 0 Å². The molecule has 10 heteroatoms. The Morgan fingerprint density at radius 3 is 2.10 bits per heavy atom. The van der Waals surface area contributed by atoms with Crippen LogP contribution in [0.2, 0.25) is 0 Å². The van der Waals surface area contributed by atoms with Crippen LogP contribution in [0.15, 0.2) is 53.4 Å². The van der Waals surface area contributed by atoms with E-state index in [2.05, 4.69) is 24.9 Å². The highest BCUT2D eigenvalue weighted by atomic mass is 32.2. The lowest BCUT2D eigenvalue weighted by atomic mass is 10.3. The molecular weight excluding hydrogens is 424 g/mol. The number of nitrogens with one attached hydrogen (secondary N) is 2. The Morgan fingerprint density at radius 2 is 1.52 bits per heavy atom. The van der Waals surface area contributed by atoms with Crippen molar-refractivity contribution < 1.29 is 17.2 Å². The van der Waals surface area contributed by atoms with Crippen molar-refractivity contribution in [1.29, 1.82) is 0 Å². The van der Waals surface area contributed by atoms with E-state index in [1.54, 1.807) is 19.1 Å². The molecule has 3 rings (SSSR count). The zero-order valence-electron chi connectivity index (χ0n) is 17.4. The number of nitrogens with zero attached hydrogens (tertiary/aromatic N) is 3. The van der Waals surface area contributed by atoms with Crippen molar-refractivity contribution in [2.75, 3.05) is 28.0 Å². The van der Waals surface area contributed by atoms with Crippen LogP contribution < -0.4 is 14.9 Å². The summed E-state index contributed by atoms with van der Waals surface area (Å²) in [5, 5.41) is 3.15. The summed E-state index contributed by atoms with van der Waals surface area (Å²) < 4.78 is 54.6. The number of sulfonamides is 1.